The van der Waals surface area contributed by atoms with E-state index in [4.69, 9.17) is 18.7 Å². The molecule has 252 valence electrons. The second kappa shape index (κ2) is 22.2. The number of aryl methyl sites for hydroxylation is 3. The van der Waals surface area contributed by atoms with Crippen LogP contribution in [0, 0.1) is 32.6 Å². The maximum atomic E-state index is 12.7. The SMILES string of the molecule is CC.CC.CC.CC.COC(C)(C)P(O)OC1OC(n2cc(C#Cc3cc(C)c(C)cc3C)c(=O)[nH]c2=O)CC1OC(C)C. The molecule has 2 heterocycles. The summed E-state index contributed by atoms with van der Waals surface area (Å²) in [5.41, 5.74) is 3.00. The van der Waals surface area contributed by atoms with Crippen LogP contribution in [0.15, 0.2) is 27.9 Å². The Morgan fingerprint density at radius 2 is 1.48 bits per heavy atom. The van der Waals surface area contributed by atoms with Gasteiger partial charge in [-0.1, -0.05) is 73.3 Å². The standard InChI is InChI=1S/C26H35N2O7P.4C2H6/c1-15(2)33-21-13-22(34-24(21)35-36(31)26(6,7)32-8)28-14-20(23(29)27-25(28)30)10-9-19-12-17(4)16(3)11-18(19)5;4*1-2/h11-12,14-15,21-22,24,31H,13H2,1-8H3,(H,27,29,30);4*1-2H3. The van der Waals surface area contributed by atoms with Gasteiger partial charge in [-0.2, -0.15) is 0 Å². The number of benzene rings is 1. The summed E-state index contributed by atoms with van der Waals surface area (Å²) in [7, 11) is -0.545. The first-order valence-corrected chi connectivity index (χ1v) is 17.0. The first kappa shape index (κ1) is 43.8. The summed E-state index contributed by atoms with van der Waals surface area (Å²) in [6, 6.07) is 4.03. The zero-order valence-electron chi connectivity index (χ0n) is 30.0. The van der Waals surface area contributed by atoms with E-state index in [1.54, 1.807) is 13.8 Å². The van der Waals surface area contributed by atoms with Gasteiger partial charge in [0.1, 0.15) is 23.2 Å². The molecule has 0 radical (unpaired) electrons. The lowest BCUT2D eigenvalue weighted by Gasteiger charge is -2.31. The van der Waals surface area contributed by atoms with Gasteiger partial charge in [0.2, 0.25) is 8.38 Å². The Morgan fingerprint density at radius 3 is 2.00 bits per heavy atom. The van der Waals surface area contributed by atoms with Crippen molar-refractivity contribution in [3.63, 3.8) is 0 Å². The van der Waals surface area contributed by atoms with E-state index in [9.17, 15) is 14.5 Å². The van der Waals surface area contributed by atoms with Crippen LogP contribution in [0.5, 0.6) is 0 Å². The normalized spacial score (nSPS) is 17.6. The molecule has 4 atom stereocenters. The van der Waals surface area contributed by atoms with E-state index in [0.717, 1.165) is 16.7 Å². The van der Waals surface area contributed by atoms with Crippen LogP contribution in [-0.4, -0.2) is 45.4 Å². The third-order valence-corrected chi connectivity index (χ3v) is 7.60. The molecule has 1 aromatic carbocycles. The maximum Gasteiger partial charge on any atom is 0.330 e. The fraction of sp³-hybridized carbons (Fsp3) is 0.647. The smallest absolute Gasteiger partial charge is 0.330 e. The predicted molar refractivity (Wildman–Crippen MR) is 183 cm³/mol. The van der Waals surface area contributed by atoms with Crippen LogP contribution >= 0.6 is 8.38 Å². The highest BCUT2D eigenvalue weighted by molar-refractivity contribution is 7.47. The van der Waals surface area contributed by atoms with Crippen LogP contribution in [0.4, 0.5) is 0 Å². The quantitative estimate of drug-likeness (QED) is 0.236. The zero-order valence-corrected chi connectivity index (χ0v) is 30.9. The average Bonchev–Trinajstić information content (AvgIpc) is 3.39. The molecule has 3 rings (SSSR count). The van der Waals surface area contributed by atoms with Crippen LogP contribution in [0.3, 0.4) is 0 Å². The Balaban J connectivity index is 0. The number of hydrogen-bond donors (Lipinski definition) is 2. The number of rotatable bonds is 7. The number of nitrogens with one attached hydrogen (secondary N) is 1. The third-order valence-electron chi connectivity index (χ3n) is 6.09. The number of hydrogen-bond acceptors (Lipinski definition) is 7. The van der Waals surface area contributed by atoms with Gasteiger partial charge in [0.05, 0.1) is 6.10 Å². The van der Waals surface area contributed by atoms with Crippen molar-refractivity contribution in [1.29, 1.82) is 0 Å². The van der Waals surface area contributed by atoms with Gasteiger partial charge in [-0.05, 0) is 71.2 Å². The first-order valence-electron chi connectivity index (χ1n) is 15.8. The van der Waals surface area contributed by atoms with Crippen molar-refractivity contribution >= 4 is 8.38 Å². The molecule has 1 aliphatic heterocycles. The molecule has 1 aromatic heterocycles. The van der Waals surface area contributed by atoms with Gasteiger partial charge in [0, 0.05) is 25.3 Å². The number of nitrogens with zero attached hydrogens (tertiary/aromatic N) is 1. The van der Waals surface area contributed by atoms with Crippen molar-refractivity contribution in [1.82, 2.24) is 9.55 Å². The molecule has 0 spiro atoms. The molecule has 4 unspecified atom stereocenters. The number of aromatic nitrogens is 2. The lowest BCUT2D eigenvalue weighted by atomic mass is 10.0. The minimum atomic E-state index is -2.03. The van der Waals surface area contributed by atoms with Crippen molar-refractivity contribution in [2.45, 2.75) is 140 Å². The van der Waals surface area contributed by atoms with Crippen LogP contribution < -0.4 is 11.2 Å². The van der Waals surface area contributed by atoms with Crippen molar-refractivity contribution < 1.29 is 23.6 Å². The Bertz CT molecular complexity index is 1280. The van der Waals surface area contributed by atoms with Gasteiger partial charge in [-0.15, -0.1) is 0 Å². The van der Waals surface area contributed by atoms with E-state index < -0.39 is 43.6 Å². The minimum absolute atomic E-state index is 0.131. The van der Waals surface area contributed by atoms with Gasteiger partial charge in [0.25, 0.3) is 5.56 Å². The summed E-state index contributed by atoms with van der Waals surface area (Å²) in [4.78, 5) is 38.1. The molecule has 44 heavy (non-hydrogen) atoms. The summed E-state index contributed by atoms with van der Waals surface area (Å²) >= 11 is 0. The van der Waals surface area contributed by atoms with E-state index in [1.165, 1.54) is 23.4 Å². The van der Waals surface area contributed by atoms with Gasteiger partial charge < -0.3 is 19.1 Å². The molecule has 2 N–H and O–H groups in total. The summed E-state index contributed by atoms with van der Waals surface area (Å²) in [6.07, 6.45) is -0.750. The van der Waals surface area contributed by atoms with Crippen molar-refractivity contribution in [3.05, 3.63) is 67.0 Å². The molecule has 1 fully saturated rings. The molecule has 9 nitrogen and oxygen atoms in total. The Hall–Kier alpha value is -2.31. The molecule has 0 amide bonds. The van der Waals surface area contributed by atoms with Gasteiger partial charge in [0.15, 0.2) is 6.29 Å². The molecule has 2 aromatic rings. The lowest BCUT2D eigenvalue weighted by Crippen LogP contribution is -2.33. The highest BCUT2D eigenvalue weighted by Crippen LogP contribution is 2.50. The topological polar surface area (TPSA) is 112 Å². The van der Waals surface area contributed by atoms with E-state index >= 15 is 0 Å². The molecular weight excluding hydrogens is 579 g/mol. The molecule has 1 saturated heterocycles. The summed E-state index contributed by atoms with van der Waals surface area (Å²) in [6.45, 7) is 29.2. The zero-order chi connectivity index (χ0) is 34.8. The van der Waals surface area contributed by atoms with Crippen LogP contribution in [0.2, 0.25) is 0 Å². The molecule has 0 bridgehead atoms. The molecule has 1 aliphatic rings. The van der Waals surface area contributed by atoms with Gasteiger partial charge in [-0.25, -0.2) is 4.79 Å². The van der Waals surface area contributed by atoms with Gasteiger partial charge >= 0.3 is 5.69 Å². The first-order chi connectivity index (χ1) is 20.8. The second-order valence-electron chi connectivity index (χ2n) is 9.66. The van der Waals surface area contributed by atoms with E-state index in [0.29, 0.717) is 0 Å². The second-order valence-corrected chi connectivity index (χ2v) is 11.5. The van der Waals surface area contributed by atoms with E-state index in [2.05, 4.69) is 16.8 Å². The van der Waals surface area contributed by atoms with Crippen LogP contribution in [0.1, 0.15) is 124 Å². The molecule has 0 saturated carbocycles. The van der Waals surface area contributed by atoms with Crippen LogP contribution in [-0.2, 0) is 18.7 Å². The third kappa shape index (κ3) is 13.0. The fourth-order valence-electron chi connectivity index (χ4n) is 3.67. The number of methoxy groups -OCH3 is 1. The van der Waals surface area contributed by atoms with Crippen molar-refractivity contribution in [3.8, 4) is 11.8 Å². The fourth-order valence-corrected chi connectivity index (χ4v) is 4.46. The van der Waals surface area contributed by atoms with Crippen molar-refractivity contribution in [2.24, 2.45) is 0 Å². The Kier molecular flexibility index (Phi) is 22.1. The summed E-state index contributed by atoms with van der Waals surface area (Å²) in [5.74, 6) is 5.95. The van der Waals surface area contributed by atoms with Crippen molar-refractivity contribution in [2.75, 3.05) is 7.11 Å². The van der Waals surface area contributed by atoms with Gasteiger partial charge in [-0.3, -0.25) is 18.9 Å². The highest BCUT2D eigenvalue weighted by Gasteiger charge is 2.43. The molecular formula is C34H59N2O7P. The lowest BCUT2D eigenvalue weighted by molar-refractivity contribution is -0.149. The highest BCUT2D eigenvalue weighted by atomic mass is 31.2. The minimum Gasteiger partial charge on any atom is -0.370 e. The summed E-state index contributed by atoms with van der Waals surface area (Å²) in [5, 5.41) is -0.927. The number of aromatic amines is 1. The largest absolute Gasteiger partial charge is 0.370 e. The summed E-state index contributed by atoms with van der Waals surface area (Å²) < 4.78 is 24.3. The predicted octanol–water partition coefficient (Wildman–Crippen LogP) is 7.71. The van der Waals surface area contributed by atoms with E-state index in [-0.39, 0.29) is 18.1 Å². The number of H-pyrrole nitrogens is 1. The van der Waals surface area contributed by atoms with Crippen LogP contribution in [0.25, 0.3) is 0 Å². The van der Waals surface area contributed by atoms with E-state index in [1.807, 2.05) is 102 Å². The number of ether oxygens (including phenoxy) is 3. The molecule has 0 aliphatic carbocycles. The Labute approximate surface area is 267 Å². The average molecular weight is 639 g/mol. The monoisotopic (exact) mass is 638 g/mol. The maximum absolute atomic E-state index is 12.7. The molecule has 10 heteroatoms. The Morgan fingerprint density at radius 1 is 0.955 bits per heavy atom.